The minimum atomic E-state index is -0.789. The molecule has 2 aromatic rings. The van der Waals surface area contributed by atoms with Crippen LogP contribution in [0.1, 0.15) is 23.0 Å². The molecule has 0 aliphatic heterocycles. The summed E-state index contributed by atoms with van der Waals surface area (Å²) in [7, 11) is 0. The number of halogens is 1. The third-order valence-corrected chi connectivity index (χ3v) is 2.55. The first kappa shape index (κ1) is 11.2. The van der Waals surface area contributed by atoms with Crippen molar-refractivity contribution in [2.24, 2.45) is 0 Å². The van der Waals surface area contributed by atoms with Crippen LogP contribution in [0.3, 0.4) is 0 Å². The molecule has 0 saturated heterocycles. The normalized spacial score (nSPS) is 12.7. The quantitative estimate of drug-likeness (QED) is 0.864. The van der Waals surface area contributed by atoms with Crippen molar-refractivity contribution in [1.29, 1.82) is 0 Å². The molecule has 2 rings (SSSR count). The van der Waals surface area contributed by atoms with E-state index in [0.29, 0.717) is 21.9 Å². The fourth-order valence-electron chi connectivity index (χ4n) is 1.49. The van der Waals surface area contributed by atoms with Crippen LogP contribution in [0, 0.1) is 0 Å². The summed E-state index contributed by atoms with van der Waals surface area (Å²) in [6.07, 6.45) is 0.639. The number of rotatable bonds is 3. The van der Waals surface area contributed by atoms with Crippen molar-refractivity contribution in [3.63, 3.8) is 0 Å². The van der Waals surface area contributed by atoms with Crippen molar-refractivity contribution < 1.29 is 14.6 Å². The van der Waals surface area contributed by atoms with Crippen LogP contribution in [0.25, 0.3) is 0 Å². The third-order valence-electron chi connectivity index (χ3n) is 2.31. The lowest BCUT2D eigenvalue weighted by atomic mass is 10.0. The molecule has 0 saturated carbocycles. The highest BCUT2D eigenvalue weighted by Gasteiger charge is 2.13. The van der Waals surface area contributed by atoms with Gasteiger partial charge in [0.25, 0.3) is 0 Å². The first-order valence-electron chi connectivity index (χ1n) is 4.82. The van der Waals surface area contributed by atoms with E-state index < -0.39 is 6.10 Å². The topological polar surface area (TPSA) is 53.6 Å². The van der Waals surface area contributed by atoms with Crippen molar-refractivity contribution in [1.82, 2.24) is 0 Å². The molecule has 1 aromatic heterocycles. The van der Waals surface area contributed by atoms with Gasteiger partial charge in [-0.3, -0.25) is 0 Å². The minimum absolute atomic E-state index is 0.178. The van der Waals surface area contributed by atoms with Gasteiger partial charge in [-0.05, 0) is 23.8 Å². The van der Waals surface area contributed by atoms with Gasteiger partial charge in [-0.15, -0.1) is 0 Å². The smallest absolute Gasteiger partial charge is 0.129 e. The second kappa shape index (κ2) is 4.70. The largest absolute Gasteiger partial charge is 0.466 e. The zero-order chi connectivity index (χ0) is 11.5. The van der Waals surface area contributed by atoms with Crippen LogP contribution in [-0.2, 0) is 6.61 Å². The first-order chi connectivity index (χ1) is 7.70. The number of aliphatic hydroxyl groups excluding tert-OH is 2. The van der Waals surface area contributed by atoms with Crippen LogP contribution in [0.5, 0.6) is 0 Å². The zero-order valence-corrected chi connectivity index (χ0v) is 9.19. The maximum atomic E-state index is 10.0. The number of aliphatic hydroxyl groups is 2. The Morgan fingerprint density at radius 1 is 1.25 bits per heavy atom. The molecule has 0 spiro atoms. The molecular formula is C12H11ClO3. The maximum absolute atomic E-state index is 10.0. The average Bonchev–Trinajstić information content (AvgIpc) is 2.76. The second-order valence-corrected chi connectivity index (χ2v) is 3.90. The van der Waals surface area contributed by atoms with E-state index in [2.05, 4.69) is 0 Å². The SMILES string of the molecule is OCc1cc(C(O)c2cccc(Cl)c2)co1. The highest BCUT2D eigenvalue weighted by molar-refractivity contribution is 6.30. The molecule has 1 atom stereocenters. The second-order valence-electron chi connectivity index (χ2n) is 3.46. The van der Waals surface area contributed by atoms with Crippen molar-refractivity contribution in [3.8, 4) is 0 Å². The molecule has 0 aliphatic carbocycles. The molecule has 0 bridgehead atoms. The van der Waals surface area contributed by atoms with Crippen LogP contribution in [0.4, 0.5) is 0 Å². The van der Waals surface area contributed by atoms with Gasteiger partial charge in [0, 0.05) is 10.6 Å². The predicted molar refractivity (Wildman–Crippen MR) is 60.1 cm³/mol. The Balaban J connectivity index is 2.27. The molecule has 84 valence electrons. The molecule has 0 radical (unpaired) electrons. The monoisotopic (exact) mass is 238 g/mol. The lowest BCUT2D eigenvalue weighted by Crippen LogP contribution is -1.97. The Labute approximate surface area is 97.9 Å². The third kappa shape index (κ3) is 2.27. The van der Waals surface area contributed by atoms with Gasteiger partial charge >= 0.3 is 0 Å². The summed E-state index contributed by atoms with van der Waals surface area (Å²) >= 11 is 5.83. The van der Waals surface area contributed by atoms with Gasteiger partial charge < -0.3 is 14.6 Å². The van der Waals surface area contributed by atoms with E-state index in [4.69, 9.17) is 21.1 Å². The summed E-state index contributed by atoms with van der Waals surface area (Å²) in [5.41, 5.74) is 1.30. The molecule has 4 heteroatoms. The average molecular weight is 239 g/mol. The van der Waals surface area contributed by atoms with E-state index in [1.165, 1.54) is 6.26 Å². The van der Waals surface area contributed by atoms with Crippen molar-refractivity contribution in [2.75, 3.05) is 0 Å². The van der Waals surface area contributed by atoms with E-state index in [1.807, 2.05) is 0 Å². The van der Waals surface area contributed by atoms with E-state index >= 15 is 0 Å². The number of hydrogen-bond acceptors (Lipinski definition) is 3. The fourth-order valence-corrected chi connectivity index (χ4v) is 1.69. The Morgan fingerprint density at radius 2 is 2.06 bits per heavy atom. The molecule has 0 aliphatic rings. The molecule has 0 fully saturated rings. The Kier molecular flexibility index (Phi) is 3.29. The highest BCUT2D eigenvalue weighted by Crippen LogP contribution is 2.25. The van der Waals surface area contributed by atoms with Gasteiger partial charge in [0.1, 0.15) is 18.5 Å². The van der Waals surface area contributed by atoms with Gasteiger partial charge in [0.05, 0.1) is 6.26 Å². The summed E-state index contributed by atoms with van der Waals surface area (Å²) in [5.74, 6) is 0.427. The Hall–Kier alpha value is -1.29. The van der Waals surface area contributed by atoms with Gasteiger partial charge in [-0.2, -0.15) is 0 Å². The van der Waals surface area contributed by atoms with Crippen LogP contribution in [-0.4, -0.2) is 10.2 Å². The van der Waals surface area contributed by atoms with Crippen LogP contribution in [0.2, 0.25) is 5.02 Å². The van der Waals surface area contributed by atoms with Crippen molar-refractivity contribution in [2.45, 2.75) is 12.7 Å². The molecule has 1 heterocycles. The zero-order valence-electron chi connectivity index (χ0n) is 8.43. The van der Waals surface area contributed by atoms with Gasteiger partial charge in [-0.1, -0.05) is 23.7 Å². The van der Waals surface area contributed by atoms with E-state index in [9.17, 15) is 5.11 Å². The van der Waals surface area contributed by atoms with E-state index in [-0.39, 0.29) is 6.61 Å². The Morgan fingerprint density at radius 3 is 2.69 bits per heavy atom. The fraction of sp³-hybridized carbons (Fsp3) is 0.167. The molecule has 1 unspecified atom stereocenters. The lowest BCUT2D eigenvalue weighted by molar-refractivity contribution is 0.219. The summed E-state index contributed by atoms with van der Waals surface area (Å²) in [5, 5.41) is 19.4. The van der Waals surface area contributed by atoms with Crippen molar-refractivity contribution in [3.05, 3.63) is 58.5 Å². The molecule has 3 nitrogen and oxygen atoms in total. The lowest BCUT2D eigenvalue weighted by Gasteiger charge is -2.08. The predicted octanol–water partition coefficient (Wildman–Crippen LogP) is 2.51. The molecule has 1 aromatic carbocycles. The number of furan rings is 1. The van der Waals surface area contributed by atoms with Gasteiger partial charge in [0.15, 0.2) is 0 Å². The maximum Gasteiger partial charge on any atom is 0.129 e. The summed E-state index contributed by atoms with van der Waals surface area (Å²) in [6.45, 7) is -0.178. The molecule has 0 amide bonds. The summed E-state index contributed by atoms with van der Waals surface area (Å²) in [4.78, 5) is 0. The number of benzene rings is 1. The summed E-state index contributed by atoms with van der Waals surface area (Å²) < 4.78 is 5.04. The van der Waals surface area contributed by atoms with Crippen LogP contribution >= 0.6 is 11.6 Å². The Bertz CT molecular complexity index is 479. The van der Waals surface area contributed by atoms with E-state index in [1.54, 1.807) is 30.3 Å². The van der Waals surface area contributed by atoms with Crippen molar-refractivity contribution >= 4 is 11.6 Å². The number of hydrogen-bond donors (Lipinski definition) is 2. The highest BCUT2D eigenvalue weighted by atomic mass is 35.5. The standard InChI is InChI=1S/C12H11ClO3/c13-10-3-1-2-8(4-10)12(15)9-5-11(6-14)16-7-9/h1-5,7,12,14-15H,6H2. The molecule has 2 N–H and O–H groups in total. The molecular weight excluding hydrogens is 228 g/mol. The van der Waals surface area contributed by atoms with E-state index in [0.717, 1.165) is 0 Å². The molecule has 16 heavy (non-hydrogen) atoms. The van der Waals surface area contributed by atoms with Gasteiger partial charge in [-0.25, -0.2) is 0 Å². The minimum Gasteiger partial charge on any atom is -0.466 e. The van der Waals surface area contributed by atoms with Crippen LogP contribution < -0.4 is 0 Å². The van der Waals surface area contributed by atoms with Gasteiger partial charge in [0.2, 0.25) is 0 Å². The first-order valence-corrected chi connectivity index (χ1v) is 5.20. The van der Waals surface area contributed by atoms with Crippen LogP contribution in [0.15, 0.2) is 41.0 Å². The summed E-state index contributed by atoms with van der Waals surface area (Å²) in [6, 6.07) is 8.60.